The van der Waals surface area contributed by atoms with Gasteiger partial charge in [-0.25, -0.2) is 4.98 Å². The van der Waals surface area contributed by atoms with Crippen molar-refractivity contribution in [1.82, 2.24) is 24.8 Å². The van der Waals surface area contributed by atoms with Gasteiger partial charge in [0.05, 0.1) is 5.69 Å². The predicted molar refractivity (Wildman–Crippen MR) is 76.7 cm³/mol. The monoisotopic (exact) mass is 294 g/mol. The van der Waals surface area contributed by atoms with Gasteiger partial charge in [0, 0.05) is 17.2 Å². The van der Waals surface area contributed by atoms with E-state index in [2.05, 4.69) is 41.1 Å². The zero-order valence-corrected chi connectivity index (χ0v) is 12.5. The first-order chi connectivity index (χ1) is 8.93. The molecule has 8 heteroatoms. The van der Waals surface area contributed by atoms with E-state index in [0.717, 1.165) is 21.5 Å². The number of anilines is 1. The summed E-state index contributed by atoms with van der Waals surface area (Å²) in [5.74, 6) is 0.878. The Morgan fingerprint density at radius 3 is 2.74 bits per heavy atom. The zero-order chi connectivity index (χ0) is 13.6. The minimum atomic E-state index is -0.0736. The van der Waals surface area contributed by atoms with Crippen molar-refractivity contribution in [2.45, 2.75) is 32.6 Å². The molecule has 19 heavy (non-hydrogen) atoms. The molecule has 100 valence electrons. The maximum absolute atomic E-state index is 5.63. The van der Waals surface area contributed by atoms with Crippen molar-refractivity contribution in [3.05, 3.63) is 21.9 Å². The predicted octanol–water partition coefficient (Wildman–Crippen LogP) is 2.11. The zero-order valence-electron chi connectivity index (χ0n) is 10.9. The van der Waals surface area contributed by atoms with E-state index in [4.69, 9.17) is 5.73 Å². The van der Waals surface area contributed by atoms with E-state index in [-0.39, 0.29) is 5.41 Å². The lowest BCUT2D eigenvalue weighted by atomic mass is 9.96. The van der Waals surface area contributed by atoms with Crippen LogP contribution in [0, 0.1) is 0 Å². The summed E-state index contributed by atoms with van der Waals surface area (Å²) in [6.07, 6.45) is 0.686. The number of nitrogen functional groups attached to an aromatic ring is 1. The SMILES string of the molecule is CC(C)(C)c1nnc2sc(Cc3csc(N)n3)nn12. The van der Waals surface area contributed by atoms with Gasteiger partial charge in [-0.15, -0.1) is 21.5 Å². The Hall–Kier alpha value is -1.54. The molecule has 6 nitrogen and oxygen atoms in total. The third-order valence-corrected chi connectivity index (χ3v) is 4.23. The van der Waals surface area contributed by atoms with Crippen LogP contribution in [0.2, 0.25) is 0 Å². The third kappa shape index (κ3) is 2.33. The molecule has 3 heterocycles. The minimum absolute atomic E-state index is 0.0736. The lowest BCUT2D eigenvalue weighted by Gasteiger charge is -2.13. The van der Waals surface area contributed by atoms with Crippen molar-refractivity contribution < 1.29 is 0 Å². The van der Waals surface area contributed by atoms with Crippen molar-refractivity contribution >= 4 is 32.8 Å². The van der Waals surface area contributed by atoms with Gasteiger partial charge in [0.1, 0.15) is 5.01 Å². The molecule has 0 aliphatic rings. The Kier molecular flexibility index (Phi) is 2.79. The molecule has 0 fully saturated rings. The number of nitrogens with zero attached hydrogens (tertiary/aromatic N) is 5. The standard InChI is InChI=1S/C11H14N6S2/c1-11(2,3)8-14-15-10-17(8)16-7(19-10)4-6-5-18-9(12)13-6/h5H,4H2,1-3H3,(H2,12,13). The Bertz CT molecular complexity index is 717. The molecule has 0 unspecified atom stereocenters. The first-order valence-electron chi connectivity index (χ1n) is 5.85. The number of nitrogens with two attached hydrogens (primary N) is 1. The minimum Gasteiger partial charge on any atom is -0.375 e. The Balaban J connectivity index is 1.96. The topological polar surface area (TPSA) is 82.0 Å². The van der Waals surface area contributed by atoms with Crippen LogP contribution in [0.15, 0.2) is 5.38 Å². The molecule has 0 saturated heterocycles. The lowest BCUT2D eigenvalue weighted by molar-refractivity contribution is 0.527. The highest BCUT2D eigenvalue weighted by molar-refractivity contribution is 7.16. The van der Waals surface area contributed by atoms with Gasteiger partial charge in [0.2, 0.25) is 4.96 Å². The van der Waals surface area contributed by atoms with Crippen LogP contribution in [-0.2, 0) is 11.8 Å². The number of rotatable bonds is 2. The Labute approximate surface area is 118 Å². The van der Waals surface area contributed by atoms with Crippen molar-refractivity contribution in [1.29, 1.82) is 0 Å². The summed E-state index contributed by atoms with van der Waals surface area (Å²) in [6, 6.07) is 0. The summed E-state index contributed by atoms with van der Waals surface area (Å²) < 4.78 is 1.83. The summed E-state index contributed by atoms with van der Waals surface area (Å²) in [7, 11) is 0. The van der Waals surface area contributed by atoms with E-state index in [0.29, 0.717) is 11.6 Å². The summed E-state index contributed by atoms with van der Waals surface area (Å²) in [5.41, 5.74) is 6.51. The maximum Gasteiger partial charge on any atom is 0.234 e. The van der Waals surface area contributed by atoms with Crippen molar-refractivity contribution in [3.8, 4) is 0 Å². The highest BCUT2D eigenvalue weighted by atomic mass is 32.1. The van der Waals surface area contributed by atoms with Crippen LogP contribution < -0.4 is 5.73 Å². The van der Waals surface area contributed by atoms with E-state index in [1.165, 1.54) is 11.3 Å². The normalized spacial score (nSPS) is 12.4. The van der Waals surface area contributed by atoms with Gasteiger partial charge < -0.3 is 5.73 Å². The van der Waals surface area contributed by atoms with Gasteiger partial charge in [-0.1, -0.05) is 32.1 Å². The summed E-state index contributed by atoms with van der Waals surface area (Å²) in [4.78, 5) is 5.07. The molecule has 0 aliphatic heterocycles. The van der Waals surface area contributed by atoms with E-state index in [1.54, 1.807) is 11.3 Å². The van der Waals surface area contributed by atoms with Gasteiger partial charge in [-0.05, 0) is 0 Å². The molecule has 0 aliphatic carbocycles. The molecule has 0 saturated carbocycles. The number of hydrogen-bond acceptors (Lipinski definition) is 7. The smallest absolute Gasteiger partial charge is 0.234 e. The van der Waals surface area contributed by atoms with Crippen molar-refractivity contribution in [3.63, 3.8) is 0 Å². The van der Waals surface area contributed by atoms with Crippen LogP contribution in [0.25, 0.3) is 4.96 Å². The van der Waals surface area contributed by atoms with Crippen molar-refractivity contribution in [2.75, 3.05) is 5.73 Å². The van der Waals surface area contributed by atoms with E-state index < -0.39 is 0 Å². The van der Waals surface area contributed by atoms with Crippen LogP contribution in [0.5, 0.6) is 0 Å². The molecule has 0 bridgehead atoms. The highest BCUT2D eigenvalue weighted by Crippen LogP contribution is 2.24. The molecule has 3 aromatic heterocycles. The number of hydrogen-bond donors (Lipinski definition) is 1. The maximum atomic E-state index is 5.63. The molecule has 0 spiro atoms. The molecular weight excluding hydrogens is 280 g/mol. The van der Waals surface area contributed by atoms with Gasteiger partial charge in [-0.3, -0.25) is 0 Å². The van der Waals surface area contributed by atoms with Crippen LogP contribution >= 0.6 is 22.7 Å². The molecule has 3 rings (SSSR count). The van der Waals surface area contributed by atoms with Crippen LogP contribution in [0.1, 0.15) is 37.3 Å². The first kappa shape index (κ1) is 12.5. The second-order valence-corrected chi connectivity index (χ2v) is 7.25. The molecule has 0 aromatic carbocycles. The second kappa shape index (κ2) is 4.24. The fourth-order valence-electron chi connectivity index (χ4n) is 1.75. The van der Waals surface area contributed by atoms with E-state index in [1.807, 2.05) is 9.90 Å². The van der Waals surface area contributed by atoms with Gasteiger partial charge in [-0.2, -0.15) is 9.61 Å². The lowest BCUT2D eigenvalue weighted by Crippen LogP contribution is -2.16. The van der Waals surface area contributed by atoms with Crippen LogP contribution in [-0.4, -0.2) is 24.8 Å². The second-order valence-electron chi connectivity index (χ2n) is 5.32. The number of aromatic nitrogens is 5. The van der Waals surface area contributed by atoms with E-state index in [9.17, 15) is 0 Å². The highest BCUT2D eigenvalue weighted by Gasteiger charge is 2.23. The molecule has 0 amide bonds. The molecular formula is C11H14N6S2. The van der Waals surface area contributed by atoms with Crippen LogP contribution in [0.4, 0.5) is 5.13 Å². The summed E-state index contributed by atoms with van der Waals surface area (Å²) >= 11 is 2.99. The van der Waals surface area contributed by atoms with E-state index >= 15 is 0 Å². The summed E-state index contributed by atoms with van der Waals surface area (Å²) in [6.45, 7) is 6.30. The largest absolute Gasteiger partial charge is 0.375 e. The van der Waals surface area contributed by atoms with Gasteiger partial charge >= 0.3 is 0 Å². The van der Waals surface area contributed by atoms with Crippen molar-refractivity contribution in [2.24, 2.45) is 0 Å². The molecule has 0 radical (unpaired) electrons. The average Bonchev–Trinajstić information content (AvgIpc) is 2.92. The average molecular weight is 294 g/mol. The van der Waals surface area contributed by atoms with Gasteiger partial charge in [0.25, 0.3) is 0 Å². The number of thiazole rings is 1. The van der Waals surface area contributed by atoms with Crippen LogP contribution in [0.3, 0.4) is 0 Å². The quantitative estimate of drug-likeness (QED) is 0.782. The molecule has 3 aromatic rings. The first-order valence-corrected chi connectivity index (χ1v) is 7.54. The fraction of sp³-hybridized carbons (Fsp3) is 0.455. The molecule has 0 atom stereocenters. The molecule has 2 N–H and O–H groups in total. The summed E-state index contributed by atoms with van der Waals surface area (Å²) in [5, 5.41) is 16.5. The Morgan fingerprint density at radius 1 is 1.32 bits per heavy atom. The number of fused-ring (bicyclic) bond motifs is 1. The Morgan fingerprint density at radius 2 is 2.11 bits per heavy atom. The van der Waals surface area contributed by atoms with Gasteiger partial charge in [0.15, 0.2) is 11.0 Å². The third-order valence-electron chi connectivity index (χ3n) is 2.61. The fourth-order valence-corrected chi connectivity index (χ4v) is 3.17.